The smallest absolute Gasteiger partial charge is 0.331 e. The quantitative estimate of drug-likeness (QED) is 0.757. The Hall–Kier alpha value is -2.28. The van der Waals surface area contributed by atoms with Gasteiger partial charge < -0.3 is 10.5 Å². The number of nitrogens with two attached hydrogens (primary N) is 1. The van der Waals surface area contributed by atoms with Crippen LogP contribution in [0.5, 0.6) is 0 Å². The predicted octanol–water partition coefficient (Wildman–Crippen LogP) is 3.96. The molecule has 0 unspecified atom stereocenters. The van der Waals surface area contributed by atoms with Crippen molar-refractivity contribution in [3.8, 4) is 11.3 Å². The Morgan fingerprint density at radius 3 is 2.57 bits per heavy atom. The van der Waals surface area contributed by atoms with Crippen LogP contribution in [0, 0.1) is 11.2 Å². The van der Waals surface area contributed by atoms with Crippen LogP contribution in [-0.2, 0) is 15.1 Å². The highest BCUT2D eigenvalue weighted by Crippen LogP contribution is 2.37. The zero-order chi connectivity index (χ0) is 20.7. The Balaban J connectivity index is 1.96. The van der Waals surface area contributed by atoms with E-state index in [2.05, 4.69) is 10.3 Å². The fraction of sp³-hybridized carbons (Fsp3) is 0.571. The molecule has 3 rings (SSSR count). The number of halogens is 1. The number of aromatic nitrogens is 3. The molecule has 1 saturated carbocycles. The van der Waals surface area contributed by atoms with Gasteiger partial charge in [0.2, 0.25) is 0 Å². The zero-order valence-corrected chi connectivity index (χ0v) is 17.2. The monoisotopic (exact) mass is 388 g/mol. The van der Waals surface area contributed by atoms with Gasteiger partial charge in [0.05, 0.1) is 18.3 Å². The first-order valence-corrected chi connectivity index (χ1v) is 9.72. The number of rotatable bonds is 6. The summed E-state index contributed by atoms with van der Waals surface area (Å²) in [5.74, 6) is -1.17. The standard InChI is InChI=1S/C21H29FN4O2/c1-13(2)28-19(27)21(23,12-20(3,4)5)16-9-6-14(10-17(16)22)18-11-26(25-24-18)15-7-8-15/h6,9-11,13,15H,7-8,12,23H2,1-5H3/t21-/m1/s1. The minimum atomic E-state index is -1.57. The molecule has 28 heavy (non-hydrogen) atoms. The summed E-state index contributed by atoms with van der Waals surface area (Å²) in [6.45, 7) is 9.37. The van der Waals surface area contributed by atoms with Crippen molar-refractivity contribution in [2.75, 3.05) is 0 Å². The molecule has 0 aliphatic heterocycles. The summed E-state index contributed by atoms with van der Waals surface area (Å²) in [5.41, 5.74) is 5.95. The lowest BCUT2D eigenvalue weighted by molar-refractivity contribution is -0.156. The second-order valence-electron chi connectivity index (χ2n) is 9.17. The van der Waals surface area contributed by atoms with E-state index in [0.717, 1.165) is 12.8 Å². The van der Waals surface area contributed by atoms with Crippen LogP contribution >= 0.6 is 0 Å². The maximum Gasteiger partial charge on any atom is 0.331 e. The van der Waals surface area contributed by atoms with E-state index in [-0.39, 0.29) is 23.5 Å². The lowest BCUT2D eigenvalue weighted by atomic mass is 9.76. The van der Waals surface area contributed by atoms with Crippen LogP contribution in [0.25, 0.3) is 11.3 Å². The van der Waals surface area contributed by atoms with Crippen LogP contribution in [0.3, 0.4) is 0 Å². The van der Waals surface area contributed by atoms with Gasteiger partial charge in [0.1, 0.15) is 17.1 Å². The molecule has 0 bridgehead atoms. The summed E-state index contributed by atoms with van der Waals surface area (Å²) in [6, 6.07) is 5.06. The van der Waals surface area contributed by atoms with Crippen LogP contribution in [0.4, 0.5) is 4.39 Å². The minimum absolute atomic E-state index is 0.131. The topological polar surface area (TPSA) is 83.0 Å². The average Bonchev–Trinajstić information content (AvgIpc) is 3.29. The van der Waals surface area contributed by atoms with Crippen molar-refractivity contribution >= 4 is 5.97 Å². The second kappa shape index (κ2) is 7.28. The van der Waals surface area contributed by atoms with Crippen LogP contribution in [0.15, 0.2) is 24.4 Å². The fourth-order valence-electron chi connectivity index (χ4n) is 3.40. The average molecular weight is 388 g/mol. The first kappa shape index (κ1) is 20.5. The molecule has 0 radical (unpaired) electrons. The Labute approximate surface area is 165 Å². The summed E-state index contributed by atoms with van der Waals surface area (Å²) < 4.78 is 22.3. The predicted molar refractivity (Wildman–Crippen MR) is 105 cm³/mol. The number of carbonyl (C=O) groups is 1. The molecule has 1 aliphatic carbocycles. The van der Waals surface area contributed by atoms with Gasteiger partial charge in [-0.15, -0.1) is 5.10 Å². The van der Waals surface area contributed by atoms with E-state index in [0.29, 0.717) is 17.3 Å². The van der Waals surface area contributed by atoms with Crippen molar-refractivity contribution in [1.29, 1.82) is 0 Å². The van der Waals surface area contributed by atoms with Gasteiger partial charge in [-0.1, -0.05) is 38.1 Å². The SMILES string of the molecule is CC(C)OC(=O)[C@@](N)(CC(C)(C)C)c1ccc(-c2cn(C3CC3)nn2)cc1F. The molecule has 0 saturated heterocycles. The van der Waals surface area contributed by atoms with Crippen LogP contribution in [0.2, 0.25) is 0 Å². The van der Waals surface area contributed by atoms with Crippen molar-refractivity contribution in [2.45, 2.75) is 71.6 Å². The maximum absolute atomic E-state index is 15.1. The number of esters is 1. The lowest BCUT2D eigenvalue weighted by Gasteiger charge is -2.34. The summed E-state index contributed by atoms with van der Waals surface area (Å²) in [7, 11) is 0. The van der Waals surface area contributed by atoms with Crippen molar-refractivity contribution in [3.05, 3.63) is 35.8 Å². The summed E-state index contributed by atoms with van der Waals surface area (Å²) in [4.78, 5) is 12.8. The molecule has 7 heteroatoms. The molecule has 1 aliphatic rings. The highest BCUT2D eigenvalue weighted by Gasteiger charge is 2.43. The summed E-state index contributed by atoms with van der Waals surface area (Å²) >= 11 is 0. The first-order chi connectivity index (χ1) is 13.0. The molecule has 1 heterocycles. The van der Waals surface area contributed by atoms with E-state index in [9.17, 15) is 4.79 Å². The van der Waals surface area contributed by atoms with Crippen LogP contribution in [-0.4, -0.2) is 27.1 Å². The zero-order valence-electron chi connectivity index (χ0n) is 17.2. The molecule has 0 amide bonds. The van der Waals surface area contributed by atoms with E-state index in [1.165, 1.54) is 6.07 Å². The Morgan fingerprint density at radius 2 is 2.04 bits per heavy atom. The summed E-state index contributed by atoms with van der Waals surface area (Å²) in [6.07, 6.45) is 3.92. The Morgan fingerprint density at radius 1 is 1.36 bits per heavy atom. The van der Waals surface area contributed by atoms with Crippen LogP contribution < -0.4 is 5.73 Å². The van der Waals surface area contributed by atoms with E-state index < -0.39 is 17.3 Å². The van der Waals surface area contributed by atoms with Crippen molar-refractivity contribution in [2.24, 2.45) is 11.1 Å². The molecular weight excluding hydrogens is 359 g/mol. The fourth-order valence-corrected chi connectivity index (χ4v) is 3.40. The van der Waals surface area contributed by atoms with Crippen molar-refractivity contribution in [1.82, 2.24) is 15.0 Å². The molecule has 1 aromatic carbocycles. The van der Waals surface area contributed by atoms with E-state index >= 15 is 4.39 Å². The number of hydrogen-bond acceptors (Lipinski definition) is 5. The maximum atomic E-state index is 15.1. The van der Waals surface area contributed by atoms with Gasteiger partial charge in [-0.3, -0.25) is 0 Å². The third-order valence-electron chi connectivity index (χ3n) is 4.69. The van der Waals surface area contributed by atoms with Crippen molar-refractivity contribution in [3.63, 3.8) is 0 Å². The van der Waals surface area contributed by atoms with Gasteiger partial charge in [0, 0.05) is 11.1 Å². The molecule has 1 aromatic heterocycles. The largest absolute Gasteiger partial charge is 0.461 e. The molecular formula is C21H29FN4O2. The van der Waals surface area contributed by atoms with E-state index in [4.69, 9.17) is 10.5 Å². The first-order valence-electron chi connectivity index (χ1n) is 9.72. The molecule has 1 atom stereocenters. The minimum Gasteiger partial charge on any atom is -0.461 e. The third-order valence-corrected chi connectivity index (χ3v) is 4.69. The van der Waals surface area contributed by atoms with Gasteiger partial charge in [0.25, 0.3) is 0 Å². The summed E-state index contributed by atoms with van der Waals surface area (Å²) in [5, 5.41) is 8.25. The number of benzene rings is 1. The Kier molecular flexibility index (Phi) is 5.32. The third kappa shape index (κ3) is 4.41. The Bertz CT molecular complexity index is 868. The highest BCUT2D eigenvalue weighted by atomic mass is 19.1. The number of ether oxygens (including phenoxy) is 1. The number of hydrogen-bond donors (Lipinski definition) is 1. The second-order valence-corrected chi connectivity index (χ2v) is 9.17. The van der Waals surface area contributed by atoms with Gasteiger partial charge in [-0.05, 0) is 44.6 Å². The van der Waals surface area contributed by atoms with Crippen molar-refractivity contribution < 1.29 is 13.9 Å². The number of carbonyl (C=O) groups excluding carboxylic acids is 1. The lowest BCUT2D eigenvalue weighted by Crippen LogP contribution is -2.49. The van der Waals surface area contributed by atoms with Gasteiger partial charge in [-0.2, -0.15) is 0 Å². The van der Waals surface area contributed by atoms with Gasteiger partial charge >= 0.3 is 5.97 Å². The van der Waals surface area contributed by atoms with E-state index in [1.807, 2.05) is 31.6 Å². The molecule has 152 valence electrons. The molecule has 0 spiro atoms. The molecule has 6 nitrogen and oxygen atoms in total. The number of nitrogens with zero attached hydrogens (tertiary/aromatic N) is 3. The van der Waals surface area contributed by atoms with Gasteiger partial charge in [-0.25, -0.2) is 13.9 Å². The van der Waals surface area contributed by atoms with Gasteiger partial charge in [0.15, 0.2) is 0 Å². The molecule has 1 fully saturated rings. The normalized spacial score (nSPS) is 16.9. The molecule has 2 N–H and O–H groups in total. The van der Waals surface area contributed by atoms with Crippen LogP contribution in [0.1, 0.15) is 65.5 Å². The van der Waals surface area contributed by atoms with E-state index in [1.54, 1.807) is 26.0 Å². The highest BCUT2D eigenvalue weighted by molar-refractivity contribution is 5.83. The molecule has 2 aromatic rings.